The summed E-state index contributed by atoms with van der Waals surface area (Å²) in [6.07, 6.45) is 2.86. The summed E-state index contributed by atoms with van der Waals surface area (Å²) >= 11 is 0. The monoisotopic (exact) mass is 375 g/mol. The standard InChI is InChI=1S/C18H25N5O4/c1-21-16(13-17(24)22(2)18(21)25)20-12-11-19-10-4-3-5-14-6-8-15(9-7-14)23(26)27/h6-9,13,19-20H,3-5,10-12H2,1-2H3. The fourth-order valence-corrected chi connectivity index (χ4v) is 2.67. The number of aryl methyl sites for hydroxylation is 1. The highest BCUT2D eigenvalue weighted by Gasteiger charge is 2.05. The number of non-ortho nitro benzene ring substituents is 1. The van der Waals surface area contributed by atoms with E-state index in [0.717, 1.165) is 35.9 Å². The number of unbranched alkanes of at least 4 members (excludes halogenated alkanes) is 1. The molecule has 0 atom stereocenters. The van der Waals surface area contributed by atoms with E-state index in [2.05, 4.69) is 10.6 Å². The number of rotatable bonds is 10. The molecule has 9 heteroatoms. The summed E-state index contributed by atoms with van der Waals surface area (Å²) in [5.74, 6) is 0.503. The van der Waals surface area contributed by atoms with Gasteiger partial charge in [0.1, 0.15) is 5.82 Å². The minimum absolute atomic E-state index is 0.113. The molecule has 0 unspecified atom stereocenters. The number of nitro groups is 1. The van der Waals surface area contributed by atoms with Crippen LogP contribution < -0.4 is 21.9 Å². The van der Waals surface area contributed by atoms with Gasteiger partial charge >= 0.3 is 5.69 Å². The lowest BCUT2D eigenvalue weighted by Gasteiger charge is -2.12. The van der Waals surface area contributed by atoms with Gasteiger partial charge in [-0.25, -0.2) is 4.79 Å². The summed E-state index contributed by atoms with van der Waals surface area (Å²) in [6.45, 7) is 2.16. The minimum Gasteiger partial charge on any atom is -0.370 e. The number of benzene rings is 1. The maximum atomic E-state index is 11.8. The van der Waals surface area contributed by atoms with Crippen molar-refractivity contribution in [1.29, 1.82) is 0 Å². The number of nitrogens with one attached hydrogen (secondary N) is 2. The lowest BCUT2D eigenvalue weighted by atomic mass is 10.1. The van der Waals surface area contributed by atoms with E-state index in [1.54, 1.807) is 19.2 Å². The van der Waals surface area contributed by atoms with E-state index in [1.165, 1.54) is 29.8 Å². The highest BCUT2D eigenvalue weighted by molar-refractivity contribution is 5.34. The van der Waals surface area contributed by atoms with Crippen LogP contribution in [0.25, 0.3) is 0 Å². The molecule has 0 spiro atoms. The first kappa shape index (κ1) is 20.4. The molecule has 0 amide bonds. The molecule has 0 bridgehead atoms. The summed E-state index contributed by atoms with van der Waals surface area (Å²) in [4.78, 5) is 33.7. The van der Waals surface area contributed by atoms with Crippen molar-refractivity contribution in [2.75, 3.05) is 25.0 Å². The van der Waals surface area contributed by atoms with Gasteiger partial charge in [-0.3, -0.25) is 24.0 Å². The topological polar surface area (TPSA) is 111 Å². The maximum absolute atomic E-state index is 11.8. The van der Waals surface area contributed by atoms with Gasteiger partial charge in [0.05, 0.1) is 4.92 Å². The van der Waals surface area contributed by atoms with E-state index < -0.39 is 4.92 Å². The molecule has 0 radical (unpaired) electrons. The third-order valence-electron chi connectivity index (χ3n) is 4.35. The van der Waals surface area contributed by atoms with Crippen LogP contribution in [-0.4, -0.2) is 33.7 Å². The number of hydrogen-bond acceptors (Lipinski definition) is 6. The van der Waals surface area contributed by atoms with Crippen molar-refractivity contribution in [3.8, 4) is 0 Å². The fraction of sp³-hybridized carbons (Fsp3) is 0.444. The van der Waals surface area contributed by atoms with Crippen molar-refractivity contribution in [2.24, 2.45) is 14.1 Å². The molecule has 2 N–H and O–H groups in total. The molecule has 27 heavy (non-hydrogen) atoms. The molecule has 0 saturated heterocycles. The molecular formula is C18H25N5O4. The molecule has 2 rings (SSSR count). The molecule has 2 aromatic rings. The van der Waals surface area contributed by atoms with Crippen molar-refractivity contribution in [3.63, 3.8) is 0 Å². The zero-order valence-corrected chi connectivity index (χ0v) is 15.6. The number of nitro benzene ring substituents is 1. The zero-order chi connectivity index (χ0) is 19.8. The average Bonchev–Trinajstić information content (AvgIpc) is 2.66. The molecule has 1 aromatic carbocycles. The van der Waals surface area contributed by atoms with Gasteiger partial charge in [-0.05, 0) is 31.4 Å². The number of anilines is 1. The normalized spacial score (nSPS) is 10.7. The number of nitrogens with zero attached hydrogens (tertiary/aromatic N) is 3. The Bertz CT molecular complexity index is 886. The van der Waals surface area contributed by atoms with Crippen LogP contribution in [0.5, 0.6) is 0 Å². The Morgan fingerprint density at radius 3 is 2.37 bits per heavy atom. The van der Waals surface area contributed by atoms with Crippen LogP contribution in [0, 0.1) is 10.1 Å². The second-order valence-electron chi connectivity index (χ2n) is 6.33. The predicted molar refractivity (Wildman–Crippen MR) is 104 cm³/mol. The van der Waals surface area contributed by atoms with Crippen LogP contribution >= 0.6 is 0 Å². The minimum atomic E-state index is -0.396. The smallest absolute Gasteiger partial charge is 0.332 e. The summed E-state index contributed by atoms with van der Waals surface area (Å²) in [6, 6.07) is 8.06. The Morgan fingerprint density at radius 1 is 1.00 bits per heavy atom. The number of aromatic nitrogens is 2. The van der Waals surface area contributed by atoms with Gasteiger partial charge in [-0.1, -0.05) is 12.1 Å². The van der Waals surface area contributed by atoms with Crippen LogP contribution in [0.4, 0.5) is 11.5 Å². The van der Waals surface area contributed by atoms with E-state index in [0.29, 0.717) is 18.9 Å². The molecule has 1 heterocycles. The molecule has 0 saturated carbocycles. The second-order valence-corrected chi connectivity index (χ2v) is 6.33. The van der Waals surface area contributed by atoms with E-state index >= 15 is 0 Å². The van der Waals surface area contributed by atoms with Gasteiger partial charge in [0.25, 0.3) is 11.2 Å². The van der Waals surface area contributed by atoms with Gasteiger partial charge < -0.3 is 10.6 Å². The molecule has 0 fully saturated rings. The van der Waals surface area contributed by atoms with E-state index in [4.69, 9.17) is 0 Å². The van der Waals surface area contributed by atoms with Gasteiger partial charge in [0.15, 0.2) is 0 Å². The van der Waals surface area contributed by atoms with Crippen LogP contribution in [0.3, 0.4) is 0 Å². The van der Waals surface area contributed by atoms with Crippen molar-refractivity contribution in [2.45, 2.75) is 19.3 Å². The van der Waals surface area contributed by atoms with Crippen molar-refractivity contribution < 1.29 is 4.92 Å². The first-order chi connectivity index (χ1) is 12.9. The fourth-order valence-electron chi connectivity index (χ4n) is 2.67. The molecule has 0 aliphatic heterocycles. The van der Waals surface area contributed by atoms with Gasteiger partial charge in [-0.2, -0.15) is 0 Å². The van der Waals surface area contributed by atoms with Crippen molar-refractivity contribution in [1.82, 2.24) is 14.5 Å². The Balaban J connectivity index is 1.62. The zero-order valence-electron chi connectivity index (χ0n) is 15.6. The summed E-state index contributed by atoms with van der Waals surface area (Å²) in [5, 5.41) is 17.0. The van der Waals surface area contributed by atoms with Gasteiger partial charge in [-0.15, -0.1) is 0 Å². The second kappa shape index (κ2) is 9.67. The molecule has 146 valence electrons. The Kier molecular flexibility index (Phi) is 7.30. The Labute approximate surface area is 156 Å². The summed E-state index contributed by atoms with van der Waals surface area (Å²) in [7, 11) is 3.07. The molecule has 1 aromatic heterocycles. The molecule has 9 nitrogen and oxygen atoms in total. The van der Waals surface area contributed by atoms with Gasteiger partial charge in [0, 0.05) is 45.4 Å². The van der Waals surface area contributed by atoms with Crippen molar-refractivity contribution in [3.05, 3.63) is 66.8 Å². The van der Waals surface area contributed by atoms with Crippen LogP contribution in [0.15, 0.2) is 39.9 Å². The highest BCUT2D eigenvalue weighted by Crippen LogP contribution is 2.13. The van der Waals surface area contributed by atoms with E-state index in [-0.39, 0.29) is 16.9 Å². The maximum Gasteiger partial charge on any atom is 0.332 e. The lowest BCUT2D eigenvalue weighted by Crippen LogP contribution is -2.38. The SMILES string of the molecule is Cn1c(NCCNCCCCc2ccc([N+](=O)[O-])cc2)cc(=O)n(C)c1=O. The van der Waals surface area contributed by atoms with E-state index in [1.807, 2.05) is 0 Å². The lowest BCUT2D eigenvalue weighted by molar-refractivity contribution is -0.384. The number of hydrogen-bond donors (Lipinski definition) is 2. The van der Waals surface area contributed by atoms with Crippen LogP contribution in [-0.2, 0) is 20.5 Å². The largest absolute Gasteiger partial charge is 0.370 e. The van der Waals surface area contributed by atoms with Gasteiger partial charge in [0.2, 0.25) is 0 Å². The Hall–Kier alpha value is -2.94. The first-order valence-corrected chi connectivity index (χ1v) is 8.85. The Morgan fingerprint density at radius 2 is 1.70 bits per heavy atom. The molecular weight excluding hydrogens is 350 g/mol. The van der Waals surface area contributed by atoms with E-state index in [9.17, 15) is 19.7 Å². The first-order valence-electron chi connectivity index (χ1n) is 8.85. The van der Waals surface area contributed by atoms with Crippen LogP contribution in [0.1, 0.15) is 18.4 Å². The summed E-state index contributed by atoms with van der Waals surface area (Å²) in [5.41, 5.74) is 0.513. The third kappa shape index (κ3) is 5.78. The average molecular weight is 375 g/mol. The summed E-state index contributed by atoms with van der Waals surface area (Å²) < 4.78 is 2.47. The molecule has 0 aliphatic carbocycles. The quantitative estimate of drug-likeness (QED) is 0.364. The highest BCUT2D eigenvalue weighted by atomic mass is 16.6. The predicted octanol–water partition coefficient (Wildman–Crippen LogP) is 1.02. The van der Waals surface area contributed by atoms with Crippen LogP contribution in [0.2, 0.25) is 0 Å². The van der Waals surface area contributed by atoms with Crippen molar-refractivity contribution >= 4 is 11.5 Å². The molecule has 0 aliphatic rings. The third-order valence-corrected chi connectivity index (χ3v) is 4.35.